The third-order valence-corrected chi connectivity index (χ3v) is 4.02. The standard InChI is InChI=1S/C16H21BrO4/c1-4-16(5-2,14(18)20-6-3)15(19)21-11-12-8-7-9-13(17)10-12/h7-10H,4-6,11H2,1-3H3. The van der Waals surface area contributed by atoms with Gasteiger partial charge in [-0.15, -0.1) is 0 Å². The number of benzene rings is 1. The molecule has 0 saturated carbocycles. The highest BCUT2D eigenvalue weighted by molar-refractivity contribution is 9.10. The van der Waals surface area contributed by atoms with E-state index in [0.717, 1.165) is 10.0 Å². The van der Waals surface area contributed by atoms with Gasteiger partial charge in [0, 0.05) is 4.47 Å². The molecule has 4 nitrogen and oxygen atoms in total. The molecule has 0 aliphatic heterocycles. The van der Waals surface area contributed by atoms with E-state index in [-0.39, 0.29) is 13.2 Å². The second kappa shape index (κ2) is 8.17. The van der Waals surface area contributed by atoms with Crippen molar-refractivity contribution in [2.45, 2.75) is 40.2 Å². The van der Waals surface area contributed by atoms with Crippen LogP contribution in [0.1, 0.15) is 39.2 Å². The molecule has 0 aromatic heterocycles. The van der Waals surface area contributed by atoms with Crippen LogP contribution in [0.4, 0.5) is 0 Å². The number of hydrogen-bond donors (Lipinski definition) is 0. The summed E-state index contributed by atoms with van der Waals surface area (Å²) in [5.41, 5.74) is -0.343. The quantitative estimate of drug-likeness (QED) is 0.549. The van der Waals surface area contributed by atoms with Crippen molar-refractivity contribution in [2.75, 3.05) is 6.61 Å². The van der Waals surface area contributed by atoms with E-state index in [1.807, 2.05) is 24.3 Å². The van der Waals surface area contributed by atoms with Gasteiger partial charge in [-0.1, -0.05) is 41.9 Å². The first-order chi connectivity index (χ1) is 10.00. The van der Waals surface area contributed by atoms with Gasteiger partial charge in [0.25, 0.3) is 0 Å². The molecule has 0 bridgehead atoms. The highest BCUT2D eigenvalue weighted by Crippen LogP contribution is 2.30. The Morgan fingerprint density at radius 1 is 1.10 bits per heavy atom. The van der Waals surface area contributed by atoms with Gasteiger partial charge in [0.1, 0.15) is 6.61 Å². The fourth-order valence-electron chi connectivity index (χ4n) is 2.09. The van der Waals surface area contributed by atoms with Crippen LogP contribution in [0.3, 0.4) is 0 Å². The van der Waals surface area contributed by atoms with Gasteiger partial charge in [-0.3, -0.25) is 9.59 Å². The summed E-state index contributed by atoms with van der Waals surface area (Å²) in [6, 6.07) is 7.50. The fraction of sp³-hybridized carbons (Fsp3) is 0.500. The Bertz CT molecular complexity index is 495. The molecule has 21 heavy (non-hydrogen) atoms. The van der Waals surface area contributed by atoms with Gasteiger partial charge in [-0.05, 0) is 37.5 Å². The Kier molecular flexibility index (Phi) is 6.89. The summed E-state index contributed by atoms with van der Waals surface area (Å²) in [6.07, 6.45) is 0.722. The van der Waals surface area contributed by atoms with E-state index in [1.165, 1.54) is 0 Å². The second-order valence-corrected chi connectivity index (χ2v) is 5.63. The van der Waals surface area contributed by atoms with E-state index in [4.69, 9.17) is 9.47 Å². The van der Waals surface area contributed by atoms with Crippen LogP contribution in [0.25, 0.3) is 0 Å². The van der Waals surface area contributed by atoms with E-state index in [9.17, 15) is 9.59 Å². The minimum absolute atomic E-state index is 0.138. The van der Waals surface area contributed by atoms with E-state index in [2.05, 4.69) is 15.9 Å². The van der Waals surface area contributed by atoms with Crippen LogP contribution >= 0.6 is 15.9 Å². The number of ether oxygens (including phenoxy) is 2. The summed E-state index contributed by atoms with van der Waals surface area (Å²) in [5, 5.41) is 0. The lowest BCUT2D eigenvalue weighted by Gasteiger charge is -2.26. The highest BCUT2D eigenvalue weighted by atomic mass is 79.9. The van der Waals surface area contributed by atoms with Crippen molar-refractivity contribution in [1.29, 1.82) is 0 Å². The van der Waals surface area contributed by atoms with Gasteiger partial charge in [0.05, 0.1) is 6.61 Å². The Labute approximate surface area is 133 Å². The first-order valence-corrected chi connectivity index (χ1v) is 7.88. The molecule has 0 heterocycles. The molecule has 0 amide bonds. The molecular weight excluding hydrogens is 336 g/mol. The predicted molar refractivity (Wildman–Crippen MR) is 83.6 cm³/mol. The first-order valence-electron chi connectivity index (χ1n) is 7.09. The van der Waals surface area contributed by atoms with Gasteiger partial charge in [0.2, 0.25) is 0 Å². The van der Waals surface area contributed by atoms with Crippen molar-refractivity contribution in [2.24, 2.45) is 5.41 Å². The maximum absolute atomic E-state index is 12.4. The van der Waals surface area contributed by atoms with Crippen LogP contribution in [-0.4, -0.2) is 18.5 Å². The minimum Gasteiger partial charge on any atom is -0.465 e. The number of carbonyl (C=O) groups excluding carboxylic acids is 2. The Hall–Kier alpha value is -1.36. The smallest absolute Gasteiger partial charge is 0.323 e. The molecule has 0 radical (unpaired) electrons. The Morgan fingerprint density at radius 2 is 1.71 bits per heavy atom. The van der Waals surface area contributed by atoms with Gasteiger partial charge in [-0.25, -0.2) is 0 Å². The topological polar surface area (TPSA) is 52.6 Å². The molecule has 1 aromatic rings. The van der Waals surface area contributed by atoms with Gasteiger partial charge in [-0.2, -0.15) is 0 Å². The maximum atomic E-state index is 12.4. The van der Waals surface area contributed by atoms with Crippen LogP contribution in [0.2, 0.25) is 0 Å². The van der Waals surface area contributed by atoms with Gasteiger partial charge in [0.15, 0.2) is 5.41 Å². The molecule has 0 saturated heterocycles. The van der Waals surface area contributed by atoms with E-state index in [1.54, 1.807) is 20.8 Å². The number of halogens is 1. The molecule has 0 fully saturated rings. The second-order valence-electron chi connectivity index (χ2n) is 4.72. The largest absolute Gasteiger partial charge is 0.465 e. The average molecular weight is 357 g/mol. The summed E-state index contributed by atoms with van der Waals surface area (Å²) >= 11 is 3.37. The molecule has 0 aliphatic carbocycles. The molecule has 0 unspecified atom stereocenters. The lowest BCUT2D eigenvalue weighted by atomic mass is 9.82. The zero-order valence-electron chi connectivity index (χ0n) is 12.6. The lowest BCUT2D eigenvalue weighted by molar-refractivity contribution is -0.173. The molecule has 1 aromatic carbocycles. The van der Waals surface area contributed by atoms with Gasteiger partial charge < -0.3 is 9.47 Å². The summed E-state index contributed by atoms with van der Waals surface area (Å²) in [5.74, 6) is -1.03. The van der Waals surface area contributed by atoms with Crippen LogP contribution in [0, 0.1) is 5.41 Å². The zero-order chi connectivity index (χ0) is 15.9. The van der Waals surface area contributed by atoms with Crippen molar-refractivity contribution < 1.29 is 19.1 Å². The van der Waals surface area contributed by atoms with Crippen molar-refractivity contribution in [3.05, 3.63) is 34.3 Å². The number of hydrogen-bond acceptors (Lipinski definition) is 4. The van der Waals surface area contributed by atoms with E-state index < -0.39 is 17.4 Å². The number of carbonyl (C=O) groups is 2. The molecule has 0 spiro atoms. The zero-order valence-corrected chi connectivity index (χ0v) is 14.2. The SMILES string of the molecule is CCOC(=O)C(CC)(CC)C(=O)OCc1cccc(Br)c1. The van der Waals surface area contributed by atoms with Crippen LogP contribution in [0.5, 0.6) is 0 Å². The Morgan fingerprint density at radius 3 is 2.24 bits per heavy atom. The van der Waals surface area contributed by atoms with Crippen LogP contribution in [-0.2, 0) is 25.7 Å². The summed E-state index contributed by atoms with van der Waals surface area (Å²) < 4.78 is 11.3. The van der Waals surface area contributed by atoms with Crippen LogP contribution < -0.4 is 0 Å². The van der Waals surface area contributed by atoms with Gasteiger partial charge >= 0.3 is 11.9 Å². The summed E-state index contributed by atoms with van der Waals surface area (Å²) in [6.45, 7) is 5.70. The fourth-order valence-corrected chi connectivity index (χ4v) is 2.54. The van der Waals surface area contributed by atoms with E-state index >= 15 is 0 Å². The third kappa shape index (κ3) is 4.30. The Balaban J connectivity index is 2.80. The normalized spacial score (nSPS) is 11.0. The molecule has 0 N–H and O–H groups in total. The van der Waals surface area contributed by atoms with Crippen molar-refractivity contribution in [3.8, 4) is 0 Å². The van der Waals surface area contributed by atoms with Crippen molar-refractivity contribution in [3.63, 3.8) is 0 Å². The highest BCUT2D eigenvalue weighted by Gasteiger charge is 2.45. The molecule has 1 rings (SSSR count). The van der Waals surface area contributed by atoms with E-state index in [0.29, 0.717) is 12.8 Å². The monoisotopic (exact) mass is 356 g/mol. The summed E-state index contributed by atoms with van der Waals surface area (Å²) in [4.78, 5) is 24.5. The summed E-state index contributed by atoms with van der Waals surface area (Å²) in [7, 11) is 0. The molecule has 0 atom stereocenters. The molecule has 5 heteroatoms. The lowest BCUT2D eigenvalue weighted by Crippen LogP contribution is -2.41. The van der Waals surface area contributed by atoms with Crippen LogP contribution in [0.15, 0.2) is 28.7 Å². The minimum atomic E-state index is -1.21. The van der Waals surface area contributed by atoms with Crippen molar-refractivity contribution >= 4 is 27.9 Å². The number of rotatable bonds is 7. The third-order valence-electron chi connectivity index (χ3n) is 3.52. The molecule has 116 valence electrons. The van der Waals surface area contributed by atoms with Crippen molar-refractivity contribution in [1.82, 2.24) is 0 Å². The average Bonchev–Trinajstić information content (AvgIpc) is 2.47. The predicted octanol–water partition coefficient (Wildman–Crippen LogP) is 3.86. The number of esters is 2. The molecule has 0 aliphatic rings. The first kappa shape index (κ1) is 17.7. The molecular formula is C16H21BrO4. The maximum Gasteiger partial charge on any atom is 0.323 e.